The molecule has 182 valence electrons. The van der Waals surface area contributed by atoms with Crippen LogP contribution in [-0.2, 0) is 14.3 Å². The fourth-order valence-electron chi connectivity index (χ4n) is 9.21. The van der Waals surface area contributed by atoms with E-state index in [0.717, 1.165) is 37.0 Å². The van der Waals surface area contributed by atoms with Crippen LogP contribution in [0.15, 0.2) is 0 Å². The lowest BCUT2D eigenvalue weighted by atomic mass is 9.44. The summed E-state index contributed by atoms with van der Waals surface area (Å²) in [6.07, 6.45) is 12.6. The molecule has 1 heterocycles. The van der Waals surface area contributed by atoms with Crippen LogP contribution >= 0.6 is 0 Å². The molecule has 0 bridgehead atoms. The highest BCUT2D eigenvalue weighted by Gasteiger charge is 2.59. The normalized spacial score (nSPS) is 50.8. The summed E-state index contributed by atoms with van der Waals surface area (Å²) in [6, 6.07) is 0. The molecule has 4 aliphatic carbocycles. The van der Waals surface area contributed by atoms with Crippen molar-refractivity contribution in [3.05, 3.63) is 0 Å². The van der Waals surface area contributed by atoms with Crippen LogP contribution in [0.1, 0.15) is 97.3 Å². The zero-order valence-electron chi connectivity index (χ0n) is 20.1. The second-order valence-electron chi connectivity index (χ2n) is 12.4. The van der Waals surface area contributed by atoms with Crippen LogP contribution in [0.4, 0.5) is 0 Å². The maximum absolute atomic E-state index is 12.5. The van der Waals surface area contributed by atoms with E-state index in [9.17, 15) is 15.0 Å². The van der Waals surface area contributed by atoms with E-state index in [1.807, 2.05) is 0 Å². The van der Waals surface area contributed by atoms with Gasteiger partial charge in [-0.25, -0.2) is 0 Å². The van der Waals surface area contributed by atoms with Gasteiger partial charge in [-0.05, 0) is 105 Å². The van der Waals surface area contributed by atoms with Gasteiger partial charge in [-0.15, -0.1) is 0 Å². The van der Waals surface area contributed by atoms with Crippen LogP contribution < -0.4 is 0 Å². The first kappa shape index (κ1) is 23.1. The molecule has 0 aromatic heterocycles. The summed E-state index contributed by atoms with van der Waals surface area (Å²) in [5.41, 5.74) is 0.799. The van der Waals surface area contributed by atoms with Gasteiger partial charge in [0.05, 0.1) is 12.7 Å². The summed E-state index contributed by atoms with van der Waals surface area (Å²) in [5, 5.41) is 19.9. The lowest BCUT2D eigenvalue weighted by molar-refractivity contribution is -0.177. The molecular formula is C27H44O5. The Bertz CT molecular complexity index is 696. The van der Waals surface area contributed by atoms with E-state index in [2.05, 4.69) is 13.8 Å². The third kappa shape index (κ3) is 4.05. The minimum absolute atomic E-state index is 0.0708. The summed E-state index contributed by atoms with van der Waals surface area (Å²) in [6.45, 7) is 5.55. The average molecular weight is 449 g/mol. The first-order valence-electron chi connectivity index (χ1n) is 13.5. The molecule has 5 nitrogen and oxygen atoms in total. The lowest BCUT2D eigenvalue weighted by Crippen LogP contribution is -2.53. The Balaban J connectivity index is 1.19. The Kier molecular flexibility index (Phi) is 6.39. The Hall–Kier alpha value is -0.650. The quantitative estimate of drug-likeness (QED) is 0.603. The molecule has 5 fully saturated rings. The average Bonchev–Trinajstić information content (AvgIpc) is 3.09. The molecule has 2 N–H and O–H groups in total. The van der Waals surface area contributed by atoms with Crippen molar-refractivity contribution in [2.75, 3.05) is 6.61 Å². The SMILES string of the molecule is CC12CCC3C(CCC4CC(O)CCC43C)C1CCC2CCC(=O)OC1CCOC(O)C1. The number of hydrogen-bond donors (Lipinski definition) is 2. The van der Waals surface area contributed by atoms with Crippen LogP contribution in [0.25, 0.3) is 0 Å². The monoisotopic (exact) mass is 448 g/mol. The largest absolute Gasteiger partial charge is 0.462 e. The van der Waals surface area contributed by atoms with Gasteiger partial charge in [0.25, 0.3) is 0 Å². The fraction of sp³-hybridized carbons (Fsp3) is 0.963. The summed E-state index contributed by atoms with van der Waals surface area (Å²) >= 11 is 0. The summed E-state index contributed by atoms with van der Waals surface area (Å²) < 4.78 is 10.8. The number of carbonyl (C=O) groups is 1. The molecule has 5 rings (SSSR count). The molecule has 5 aliphatic rings. The van der Waals surface area contributed by atoms with E-state index in [0.29, 0.717) is 48.5 Å². The Morgan fingerprint density at radius 1 is 0.938 bits per heavy atom. The van der Waals surface area contributed by atoms with E-state index in [1.165, 1.54) is 44.9 Å². The Labute approximate surface area is 193 Å². The molecule has 10 atom stereocenters. The number of fused-ring (bicyclic) bond motifs is 5. The number of rotatable bonds is 4. The maximum atomic E-state index is 12.5. The van der Waals surface area contributed by atoms with Crippen LogP contribution in [-0.4, -0.2) is 41.3 Å². The number of carbonyl (C=O) groups excluding carboxylic acids is 1. The molecular weight excluding hydrogens is 404 g/mol. The van der Waals surface area contributed by atoms with E-state index < -0.39 is 6.29 Å². The van der Waals surface area contributed by atoms with Gasteiger partial charge in [-0.2, -0.15) is 0 Å². The van der Waals surface area contributed by atoms with Crippen LogP contribution in [0.5, 0.6) is 0 Å². The van der Waals surface area contributed by atoms with Crippen molar-refractivity contribution in [3.8, 4) is 0 Å². The number of ether oxygens (including phenoxy) is 2. The standard InChI is InChI=1S/C27H44O5/c1-26-13-10-23-21(6-3-18-15-19(28)9-12-27(18,23)2)22(26)7-4-17(26)5-8-24(29)32-20-11-14-31-25(30)16-20/h17-23,25,28,30H,3-16H2,1-2H3. The van der Waals surface area contributed by atoms with E-state index in [4.69, 9.17) is 9.47 Å². The summed E-state index contributed by atoms with van der Waals surface area (Å²) in [5.74, 6) is 3.71. The van der Waals surface area contributed by atoms with E-state index in [1.54, 1.807) is 0 Å². The van der Waals surface area contributed by atoms with Crippen molar-refractivity contribution >= 4 is 5.97 Å². The molecule has 0 radical (unpaired) electrons. The van der Waals surface area contributed by atoms with Gasteiger partial charge >= 0.3 is 5.97 Å². The predicted octanol–water partition coefficient (Wildman–Crippen LogP) is 4.83. The molecule has 4 saturated carbocycles. The summed E-state index contributed by atoms with van der Waals surface area (Å²) in [7, 11) is 0. The molecule has 0 spiro atoms. The second kappa shape index (κ2) is 8.85. The zero-order chi connectivity index (χ0) is 22.5. The van der Waals surface area contributed by atoms with Crippen molar-refractivity contribution in [3.63, 3.8) is 0 Å². The van der Waals surface area contributed by atoms with Crippen molar-refractivity contribution in [1.29, 1.82) is 0 Å². The second-order valence-corrected chi connectivity index (χ2v) is 12.4. The van der Waals surface area contributed by atoms with Crippen molar-refractivity contribution < 1.29 is 24.5 Å². The molecule has 10 unspecified atom stereocenters. The molecule has 1 aliphatic heterocycles. The first-order chi connectivity index (χ1) is 15.3. The van der Waals surface area contributed by atoms with Crippen molar-refractivity contribution in [2.45, 2.75) is 116 Å². The number of esters is 1. The first-order valence-corrected chi connectivity index (χ1v) is 13.5. The topological polar surface area (TPSA) is 76.0 Å². The Morgan fingerprint density at radius 3 is 2.53 bits per heavy atom. The van der Waals surface area contributed by atoms with Gasteiger partial charge in [-0.3, -0.25) is 4.79 Å². The van der Waals surface area contributed by atoms with Crippen LogP contribution in [0.2, 0.25) is 0 Å². The van der Waals surface area contributed by atoms with E-state index in [-0.39, 0.29) is 18.2 Å². The predicted molar refractivity (Wildman–Crippen MR) is 122 cm³/mol. The van der Waals surface area contributed by atoms with Crippen LogP contribution in [0.3, 0.4) is 0 Å². The zero-order valence-corrected chi connectivity index (χ0v) is 20.1. The Morgan fingerprint density at radius 2 is 1.72 bits per heavy atom. The molecule has 0 amide bonds. The molecule has 0 aromatic carbocycles. The maximum Gasteiger partial charge on any atom is 0.306 e. The summed E-state index contributed by atoms with van der Waals surface area (Å²) in [4.78, 5) is 12.5. The number of aliphatic hydroxyl groups excluding tert-OH is 2. The lowest BCUT2D eigenvalue weighted by Gasteiger charge is -2.61. The smallest absolute Gasteiger partial charge is 0.306 e. The highest BCUT2D eigenvalue weighted by Crippen LogP contribution is 2.67. The van der Waals surface area contributed by atoms with Crippen molar-refractivity contribution in [2.24, 2.45) is 40.4 Å². The van der Waals surface area contributed by atoms with Crippen LogP contribution in [0, 0.1) is 40.4 Å². The van der Waals surface area contributed by atoms with Gasteiger partial charge in [0.2, 0.25) is 0 Å². The molecule has 0 aromatic rings. The number of aliphatic hydroxyl groups is 2. The highest BCUT2D eigenvalue weighted by molar-refractivity contribution is 5.69. The minimum Gasteiger partial charge on any atom is -0.462 e. The highest BCUT2D eigenvalue weighted by atomic mass is 16.6. The van der Waals surface area contributed by atoms with Gasteiger partial charge in [-0.1, -0.05) is 13.8 Å². The van der Waals surface area contributed by atoms with Gasteiger partial charge in [0.15, 0.2) is 6.29 Å². The minimum atomic E-state index is -0.796. The molecule has 1 saturated heterocycles. The third-order valence-electron chi connectivity index (χ3n) is 11.0. The van der Waals surface area contributed by atoms with Gasteiger partial charge < -0.3 is 19.7 Å². The van der Waals surface area contributed by atoms with Gasteiger partial charge in [0.1, 0.15) is 6.10 Å². The third-order valence-corrected chi connectivity index (χ3v) is 11.0. The van der Waals surface area contributed by atoms with Gasteiger partial charge in [0, 0.05) is 19.3 Å². The van der Waals surface area contributed by atoms with E-state index >= 15 is 0 Å². The van der Waals surface area contributed by atoms with Crippen molar-refractivity contribution in [1.82, 2.24) is 0 Å². The molecule has 5 heteroatoms. The fourth-order valence-corrected chi connectivity index (χ4v) is 9.21. The molecule has 32 heavy (non-hydrogen) atoms. The number of hydrogen-bond acceptors (Lipinski definition) is 5.